The van der Waals surface area contributed by atoms with Gasteiger partial charge in [-0.15, -0.1) is 0 Å². The van der Waals surface area contributed by atoms with Crippen LogP contribution in [0.25, 0.3) is 0 Å². The summed E-state index contributed by atoms with van der Waals surface area (Å²) in [6.07, 6.45) is 4.88. The maximum absolute atomic E-state index is 12.0. The molecule has 4 nitrogen and oxygen atoms in total. The first kappa shape index (κ1) is 10.6. The molecule has 1 amide bonds. The first-order chi connectivity index (χ1) is 7.77. The Morgan fingerprint density at radius 1 is 1.38 bits per heavy atom. The highest BCUT2D eigenvalue weighted by atomic mass is 16.2. The van der Waals surface area contributed by atoms with Crippen LogP contribution in [0.5, 0.6) is 0 Å². The fraction of sp³-hybridized carbons (Fsp3) is 0.167. The molecular weight excluding hydrogens is 202 g/mol. The zero-order valence-corrected chi connectivity index (χ0v) is 8.76. The van der Waals surface area contributed by atoms with Gasteiger partial charge in [0.05, 0.1) is 0 Å². The highest BCUT2D eigenvalue weighted by molar-refractivity contribution is 6.08. The van der Waals surface area contributed by atoms with Crippen LogP contribution in [0.4, 0.5) is 5.69 Å². The van der Waals surface area contributed by atoms with Gasteiger partial charge >= 0.3 is 0 Å². The van der Waals surface area contributed by atoms with Crippen LogP contribution in [0.1, 0.15) is 0 Å². The summed E-state index contributed by atoms with van der Waals surface area (Å²) in [5, 5.41) is 2.81. The molecule has 1 aliphatic rings. The third kappa shape index (κ3) is 1.87. The highest BCUT2D eigenvalue weighted by Crippen LogP contribution is 2.22. The van der Waals surface area contributed by atoms with Gasteiger partial charge in [0.1, 0.15) is 5.41 Å². The molecule has 16 heavy (non-hydrogen) atoms. The van der Waals surface area contributed by atoms with Crippen LogP contribution in [0.3, 0.4) is 0 Å². The van der Waals surface area contributed by atoms with E-state index in [0.29, 0.717) is 0 Å². The molecule has 0 spiro atoms. The van der Waals surface area contributed by atoms with Crippen molar-refractivity contribution in [2.45, 2.75) is 0 Å². The SMILES string of the molecule is NCC1(C(=O)Nc2ccccc2)C=CN=C1. The molecule has 0 aromatic heterocycles. The number of rotatable bonds is 3. The molecule has 0 aliphatic carbocycles. The number of anilines is 1. The summed E-state index contributed by atoms with van der Waals surface area (Å²) < 4.78 is 0. The predicted molar refractivity (Wildman–Crippen MR) is 64.2 cm³/mol. The molecule has 0 radical (unpaired) electrons. The number of aliphatic imine (C=N–C) groups is 1. The van der Waals surface area contributed by atoms with Gasteiger partial charge in [-0.05, 0) is 18.2 Å². The van der Waals surface area contributed by atoms with Crippen molar-refractivity contribution in [2.24, 2.45) is 16.1 Å². The van der Waals surface area contributed by atoms with E-state index in [2.05, 4.69) is 10.3 Å². The lowest BCUT2D eigenvalue weighted by atomic mass is 9.89. The molecule has 0 saturated carbocycles. The van der Waals surface area contributed by atoms with Crippen molar-refractivity contribution in [2.75, 3.05) is 11.9 Å². The topological polar surface area (TPSA) is 67.5 Å². The maximum atomic E-state index is 12.0. The fourth-order valence-corrected chi connectivity index (χ4v) is 1.51. The van der Waals surface area contributed by atoms with Crippen LogP contribution in [0.2, 0.25) is 0 Å². The van der Waals surface area contributed by atoms with E-state index in [1.54, 1.807) is 18.5 Å². The molecule has 1 unspecified atom stereocenters. The van der Waals surface area contributed by atoms with E-state index in [-0.39, 0.29) is 12.5 Å². The number of para-hydroxylation sites is 1. The summed E-state index contributed by atoms with van der Waals surface area (Å²) in [5.74, 6) is -0.154. The second kappa shape index (κ2) is 4.28. The number of nitrogens with two attached hydrogens (primary N) is 1. The zero-order chi connectivity index (χ0) is 11.4. The van der Waals surface area contributed by atoms with Crippen LogP contribution in [0, 0.1) is 5.41 Å². The maximum Gasteiger partial charge on any atom is 0.241 e. The minimum atomic E-state index is -0.796. The van der Waals surface area contributed by atoms with Crippen molar-refractivity contribution in [3.63, 3.8) is 0 Å². The van der Waals surface area contributed by atoms with Gasteiger partial charge in [0.2, 0.25) is 5.91 Å². The molecular formula is C12H13N3O. The molecule has 3 N–H and O–H groups in total. The van der Waals surface area contributed by atoms with Gasteiger partial charge in [0.15, 0.2) is 0 Å². The van der Waals surface area contributed by atoms with Gasteiger partial charge in [-0.3, -0.25) is 9.79 Å². The van der Waals surface area contributed by atoms with E-state index in [1.165, 1.54) is 0 Å². The Balaban J connectivity index is 2.14. The standard InChI is InChI=1S/C12H13N3O/c13-8-12(6-7-14-9-12)11(16)15-10-4-2-1-3-5-10/h1-7,9H,8,13H2,(H,15,16). The second-order valence-electron chi connectivity index (χ2n) is 3.66. The predicted octanol–water partition coefficient (Wildman–Crippen LogP) is 1.17. The Hall–Kier alpha value is -1.94. The first-order valence-electron chi connectivity index (χ1n) is 5.05. The molecule has 2 rings (SSSR count). The van der Waals surface area contributed by atoms with Crippen molar-refractivity contribution < 1.29 is 4.79 Å². The lowest BCUT2D eigenvalue weighted by molar-refractivity contribution is -0.120. The lowest BCUT2D eigenvalue weighted by Gasteiger charge is -2.20. The van der Waals surface area contributed by atoms with Crippen LogP contribution in [-0.4, -0.2) is 18.7 Å². The van der Waals surface area contributed by atoms with E-state index in [9.17, 15) is 4.79 Å². The molecule has 0 bridgehead atoms. The average Bonchev–Trinajstić information content (AvgIpc) is 2.80. The Morgan fingerprint density at radius 2 is 2.12 bits per heavy atom. The van der Waals surface area contributed by atoms with Gasteiger partial charge < -0.3 is 11.1 Å². The number of nitrogens with zero attached hydrogens (tertiary/aromatic N) is 1. The van der Waals surface area contributed by atoms with Gasteiger partial charge in [0.25, 0.3) is 0 Å². The Kier molecular flexibility index (Phi) is 2.83. The first-order valence-corrected chi connectivity index (χ1v) is 5.05. The molecule has 4 heteroatoms. The normalized spacial score (nSPS) is 22.3. The zero-order valence-electron chi connectivity index (χ0n) is 8.76. The van der Waals surface area contributed by atoms with E-state index >= 15 is 0 Å². The van der Waals surface area contributed by atoms with Crippen LogP contribution < -0.4 is 11.1 Å². The lowest BCUT2D eigenvalue weighted by Crippen LogP contribution is -2.41. The number of amides is 1. The number of nitrogens with one attached hydrogen (secondary N) is 1. The third-order valence-corrected chi connectivity index (χ3v) is 2.56. The summed E-state index contributed by atoms with van der Waals surface area (Å²) in [6.45, 7) is 0.214. The van der Waals surface area contributed by atoms with Crippen LogP contribution >= 0.6 is 0 Å². The number of benzene rings is 1. The molecule has 1 heterocycles. The summed E-state index contributed by atoms with van der Waals surface area (Å²) in [6, 6.07) is 9.29. The smallest absolute Gasteiger partial charge is 0.241 e. The fourth-order valence-electron chi connectivity index (χ4n) is 1.51. The number of carbonyl (C=O) groups excluding carboxylic acids is 1. The molecule has 1 aromatic carbocycles. The van der Waals surface area contributed by atoms with E-state index in [4.69, 9.17) is 5.73 Å². The Bertz CT molecular complexity index is 425. The average molecular weight is 215 g/mol. The summed E-state index contributed by atoms with van der Waals surface area (Å²) in [5.41, 5.74) is 5.58. The summed E-state index contributed by atoms with van der Waals surface area (Å²) in [4.78, 5) is 16.0. The third-order valence-electron chi connectivity index (χ3n) is 2.56. The molecule has 1 aliphatic heterocycles. The van der Waals surface area contributed by atoms with Crippen LogP contribution in [0.15, 0.2) is 47.6 Å². The van der Waals surface area contributed by atoms with Crippen molar-refractivity contribution in [1.29, 1.82) is 0 Å². The van der Waals surface area contributed by atoms with Gasteiger partial charge in [-0.2, -0.15) is 0 Å². The summed E-state index contributed by atoms with van der Waals surface area (Å²) in [7, 11) is 0. The highest BCUT2D eigenvalue weighted by Gasteiger charge is 2.34. The largest absolute Gasteiger partial charge is 0.329 e. The minimum Gasteiger partial charge on any atom is -0.329 e. The Labute approximate surface area is 93.9 Å². The Morgan fingerprint density at radius 3 is 2.69 bits per heavy atom. The summed E-state index contributed by atoms with van der Waals surface area (Å²) >= 11 is 0. The quantitative estimate of drug-likeness (QED) is 0.794. The van der Waals surface area contributed by atoms with Gasteiger partial charge in [0, 0.05) is 24.6 Å². The van der Waals surface area contributed by atoms with E-state index in [1.807, 2.05) is 30.3 Å². The van der Waals surface area contributed by atoms with Crippen molar-refractivity contribution in [3.05, 3.63) is 42.6 Å². The minimum absolute atomic E-state index is 0.154. The number of carbonyl (C=O) groups is 1. The van der Waals surface area contributed by atoms with Crippen molar-refractivity contribution in [3.8, 4) is 0 Å². The van der Waals surface area contributed by atoms with Crippen LogP contribution in [-0.2, 0) is 4.79 Å². The number of hydrogen-bond acceptors (Lipinski definition) is 3. The molecule has 82 valence electrons. The van der Waals surface area contributed by atoms with Gasteiger partial charge in [-0.1, -0.05) is 18.2 Å². The molecule has 0 fully saturated rings. The van der Waals surface area contributed by atoms with E-state index < -0.39 is 5.41 Å². The molecule has 0 saturated heterocycles. The van der Waals surface area contributed by atoms with Crippen molar-refractivity contribution >= 4 is 17.8 Å². The number of hydrogen-bond donors (Lipinski definition) is 2. The van der Waals surface area contributed by atoms with Gasteiger partial charge in [-0.25, -0.2) is 0 Å². The monoisotopic (exact) mass is 215 g/mol. The molecule has 1 atom stereocenters. The second-order valence-corrected chi connectivity index (χ2v) is 3.66. The van der Waals surface area contributed by atoms with E-state index in [0.717, 1.165) is 5.69 Å². The molecule has 1 aromatic rings. The van der Waals surface area contributed by atoms with Crippen molar-refractivity contribution in [1.82, 2.24) is 0 Å².